The van der Waals surface area contributed by atoms with Gasteiger partial charge in [0, 0.05) is 6.54 Å². The van der Waals surface area contributed by atoms with Crippen LogP contribution in [0.15, 0.2) is 12.1 Å². The second-order valence-electron chi connectivity index (χ2n) is 5.29. The van der Waals surface area contributed by atoms with Crippen molar-refractivity contribution in [2.45, 2.75) is 26.2 Å². The van der Waals surface area contributed by atoms with Gasteiger partial charge in [-0.15, -0.1) is 0 Å². The molecule has 21 heavy (non-hydrogen) atoms. The summed E-state index contributed by atoms with van der Waals surface area (Å²) < 4.78 is 0. The predicted octanol–water partition coefficient (Wildman–Crippen LogP) is 1.30. The number of aromatic carboxylic acids is 1. The van der Waals surface area contributed by atoms with Gasteiger partial charge >= 0.3 is 5.97 Å². The Morgan fingerprint density at radius 1 is 1.33 bits per heavy atom. The van der Waals surface area contributed by atoms with E-state index in [-0.39, 0.29) is 17.2 Å². The number of nitrogens with zero attached hydrogens (tertiary/aromatic N) is 2. The lowest BCUT2D eigenvalue weighted by atomic mass is 10.2. The highest BCUT2D eigenvalue weighted by atomic mass is 16.4. The minimum atomic E-state index is -1.03. The Labute approximate surface area is 124 Å². The standard InChI is InChI=1S/C15H21N3O3/c1-11-12(15(20)21)5-6-13(17-11)14(19)16-7-4-10-18-8-2-3-9-18/h5-6H,2-4,7-10H2,1H3,(H,16,19)(H,20,21). The normalized spacial score (nSPS) is 15.1. The van der Waals surface area contributed by atoms with Gasteiger partial charge in [0.2, 0.25) is 0 Å². The SMILES string of the molecule is Cc1nc(C(=O)NCCCN2CCCC2)ccc1C(=O)O. The van der Waals surface area contributed by atoms with Gasteiger partial charge in [0.15, 0.2) is 0 Å². The molecular formula is C15H21N3O3. The molecule has 0 aliphatic carbocycles. The Hall–Kier alpha value is -1.95. The number of amides is 1. The van der Waals surface area contributed by atoms with Crippen molar-refractivity contribution >= 4 is 11.9 Å². The number of hydrogen-bond donors (Lipinski definition) is 2. The van der Waals surface area contributed by atoms with E-state index < -0.39 is 5.97 Å². The quantitative estimate of drug-likeness (QED) is 0.772. The molecule has 0 atom stereocenters. The van der Waals surface area contributed by atoms with Crippen LogP contribution >= 0.6 is 0 Å². The number of pyridine rings is 1. The van der Waals surface area contributed by atoms with E-state index in [0.29, 0.717) is 12.2 Å². The van der Waals surface area contributed by atoms with Crippen molar-refractivity contribution in [1.82, 2.24) is 15.2 Å². The molecule has 1 amide bonds. The van der Waals surface area contributed by atoms with Crippen LogP contribution in [-0.4, -0.2) is 53.0 Å². The smallest absolute Gasteiger partial charge is 0.337 e. The van der Waals surface area contributed by atoms with Crippen LogP contribution in [0.4, 0.5) is 0 Å². The summed E-state index contributed by atoms with van der Waals surface area (Å²) in [4.78, 5) is 29.3. The Morgan fingerprint density at radius 2 is 2.05 bits per heavy atom. The fourth-order valence-corrected chi connectivity index (χ4v) is 2.51. The number of carboxylic acids is 1. The van der Waals surface area contributed by atoms with Crippen LogP contribution in [0.2, 0.25) is 0 Å². The second kappa shape index (κ2) is 7.17. The zero-order valence-electron chi connectivity index (χ0n) is 12.3. The summed E-state index contributed by atoms with van der Waals surface area (Å²) in [5, 5.41) is 11.8. The molecule has 2 rings (SSSR count). The maximum atomic E-state index is 11.9. The first-order valence-corrected chi connectivity index (χ1v) is 7.29. The van der Waals surface area contributed by atoms with Gasteiger partial charge in [-0.3, -0.25) is 4.79 Å². The topological polar surface area (TPSA) is 82.5 Å². The molecule has 1 aliphatic rings. The van der Waals surface area contributed by atoms with Crippen LogP contribution in [0.1, 0.15) is 45.8 Å². The molecule has 1 aliphatic heterocycles. The molecule has 1 aromatic heterocycles. The fraction of sp³-hybridized carbons (Fsp3) is 0.533. The molecule has 0 aromatic carbocycles. The predicted molar refractivity (Wildman–Crippen MR) is 78.6 cm³/mol. The highest BCUT2D eigenvalue weighted by Crippen LogP contribution is 2.08. The zero-order valence-corrected chi connectivity index (χ0v) is 12.3. The van der Waals surface area contributed by atoms with E-state index in [0.717, 1.165) is 26.1 Å². The number of aromatic nitrogens is 1. The highest BCUT2D eigenvalue weighted by molar-refractivity contribution is 5.94. The monoisotopic (exact) mass is 291 g/mol. The average molecular weight is 291 g/mol. The number of rotatable bonds is 6. The van der Waals surface area contributed by atoms with Crippen molar-refractivity contribution in [1.29, 1.82) is 0 Å². The van der Waals surface area contributed by atoms with Crippen molar-refractivity contribution < 1.29 is 14.7 Å². The summed E-state index contributed by atoms with van der Waals surface area (Å²) >= 11 is 0. The number of nitrogens with one attached hydrogen (secondary N) is 1. The van der Waals surface area contributed by atoms with Crippen LogP contribution < -0.4 is 5.32 Å². The summed E-state index contributed by atoms with van der Waals surface area (Å²) in [5.74, 6) is -1.28. The molecule has 0 unspecified atom stereocenters. The highest BCUT2D eigenvalue weighted by Gasteiger charge is 2.13. The summed E-state index contributed by atoms with van der Waals surface area (Å²) in [6.07, 6.45) is 3.45. The average Bonchev–Trinajstić information content (AvgIpc) is 2.96. The van der Waals surface area contributed by atoms with Crippen LogP contribution in [0.3, 0.4) is 0 Å². The molecule has 1 fully saturated rings. The minimum Gasteiger partial charge on any atom is -0.478 e. The largest absolute Gasteiger partial charge is 0.478 e. The summed E-state index contributed by atoms with van der Waals surface area (Å²) in [6, 6.07) is 2.87. The van der Waals surface area contributed by atoms with E-state index >= 15 is 0 Å². The molecule has 0 spiro atoms. The minimum absolute atomic E-state index is 0.126. The van der Waals surface area contributed by atoms with Gasteiger partial charge in [-0.05, 0) is 58.0 Å². The first-order valence-electron chi connectivity index (χ1n) is 7.29. The number of carbonyl (C=O) groups is 2. The number of likely N-dealkylation sites (tertiary alicyclic amines) is 1. The molecule has 1 aromatic rings. The summed E-state index contributed by atoms with van der Waals surface area (Å²) in [6.45, 7) is 5.52. The molecular weight excluding hydrogens is 270 g/mol. The first kappa shape index (κ1) is 15.4. The van der Waals surface area contributed by atoms with Gasteiger partial charge in [0.25, 0.3) is 5.91 Å². The number of aryl methyl sites for hydroxylation is 1. The lowest BCUT2D eigenvalue weighted by molar-refractivity contribution is 0.0694. The number of hydrogen-bond acceptors (Lipinski definition) is 4. The zero-order chi connectivity index (χ0) is 15.2. The van der Waals surface area contributed by atoms with E-state index in [1.165, 1.54) is 25.0 Å². The van der Waals surface area contributed by atoms with Gasteiger partial charge in [0.05, 0.1) is 11.3 Å². The lowest BCUT2D eigenvalue weighted by Crippen LogP contribution is -2.29. The molecule has 0 radical (unpaired) electrons. The third-order valence-corrected chi connectivity index (χ3v) is 3.68. The van der Waals surface area contributed by atoms with Crippen molar-refractivity contribution in [3.05, 3.63) is 29.1 Å². The van der Waals surface area contributed by atoms with Crippen LogP contribution in [0.5, 0.6) is 0 Å². The van der Waals surface area contributed by atoms with Crippen molar-refractivity contribution in [3.8, 4) is 0 Å². The Kier molecular flexibility index (Phi) is 5.27. The van der Waals surface area contributed by atoms with Crippen LogP contribution in [0.25, 0.3) is 0 Å². The van der Waals surface area contributed by atoms with E-state index in [1.54, 1.807) is 6.92 Å². The third kappa shape index (κ3) is 4.26. The van der Waals surface area contributed by atoms with Crippen molar-refractivity contribution in [2.75, 3.05) is 26.2 Å². The number of carbonyl (C=O) groups excluding carboxylic acids is 1. The molecule has 0 bridgehead atoms. The Balaban J connectivity index is 1.80. The molecule has 2 N–H and O–H groups in total. The maximum absolute atomic E-state index is 11.9. The summed E-state index contributed by atoms with van der Waals surface area (Å²) in [7, 11) is 0. The van der Waals surface area contributed by atoms with Crippen molar-refractivity contribution in [3.63, 3.8) is 0 Å². The second-order valence-corrected chi connectivity index (χ2v) is 5.29. The van der Waals surface area contributed by atoms with Gasteiger partial charge in [-0.2, -0.15) is 0 Å². The fourth-order valence-electron chi connectivity index (χ4n) is 2.51. The van der Waals surface area contributed by atoms with E-state index in [1.807, 2.05) is 0 Å². The molecule has 114 valence electrons. The van der Waals surface area contributed by atoms with E-state index in [4.69, 9.17) is 5.11 Å². The van der Waals surface area contributed by atoms with Crippen LogP contribution in [-0.2, 0) is 0 Å². The third-order valence-electron chi connectivity index (χ3n) is 3.68. The van der Waals surface area contributed by atoms with Gasteiger partial charge in [-0.1, -0.05) is 0 Å². The molecule has 6 heteroatoms. The van der Waals surface area contributed by atoms with Gasteiger partial charge < -0.3 is 15.3 Å². The Morgan fingerprint density at radius 3 is 2.67 bits per heavy atom. The van der Waals surface area contributed by atoms with E-state index in [9.17, 15) is 9.59 Å². The number of carboxylic acid groups (broad SMARTS) is 1. The van der Waals surface area contributed by atoms with Crippen molar-refractivity contribution in [2.24, 2.45) is 0 Å². The van der Waals surface area contributed by atoms with Gasteiger partial charge in [0.1, 0.15) is 5.69 Å². The van der Waals surface area contributed by atoms with Gasteiger partial charge in [-0.25, -0.2) is 9.78 Å². The molecule has 0 saturated carbocycles. The first-order chi connectivity index (χ1) is 10.1. The summed E-state index contributed by atoms with van der Waals surface area (Å²) in [5.41, 5.74) is 0.742. The lowest BCUT2D eigenvalue weighted by Gasteiger charge is -2.14. The van der Waals surface area contributed by atoms with E-state index in [2.05, 4.69) is 15.2 Å². The Bertz CT molecular complexity index is 525. The molecule has 2 heterocycles. The molecule has 1 saturated heterocycles. The molecule has 6 nitrogen and oxygen atoms in total. The van der Waals surface area contributed by atoms with Crippen LogP contribution in [0, 0.1) is 6.92 Å². The maximum Gasteiger partial charge on any atom is 0.337 e.